The van der Waals surface area contributed by atoms with Gasteiger partial charge in [-0.2, -0.15) is 0 Å². The van der Waals surface area contributed by atoms with Crippen LogP contribution < -0.4 is 9.62 Å². The fourth-order valence-corrected chi connectivity index (χ4v) is 2.13. The summed E-state index contributed by atoms with van der Waals surface area (Å²) in [6.45, 7) is 0. The topological polar surface area (TPSA) is 79.8 Å². The summed E-state index contributed by atoms with van der Waals surface area (Å²) in [5, 5.41) is 0. The third-order valence-electron chi connectivity index (χ3n) is 3.31. The van der Waals surface area contributed by atoms with E-state index in [4.69, 9.17) is 19.2 Å². The maximum Gasteiger partial charge on any atom is 0.389 e. The lowest BCUT2D eigenvalue weighted by Crippen LogP contribution is -2.10. The predicted molar refractivity (Wildman–Crippen MR) is 96.7 cm³/mol. The smallest absolute Gasteiger partial charge is 0.389 e. The average Bonchev–Trinajstić information content (AvgIpc) is 2.72. The van der Waals surface area contributed by atoms with Gasteiger partial charge in [0.25, 0.3) is 0 Å². The average molecular weight is 364 g/mol. The van der Waals surface area contributed by atoms with E-state index in [9.17, 15) is 4.79 Å². The number of carbonyl (C=O) groups excluding carboxylic acids is 1. The predicted octanol–water partition coefficient (Wildman–Crippen LogP) is 3.79. The molecule has 3 rings (SSSR count). The molecular formula is C20H16N2O5. The Kier molecular flexibility index (Phi) is 5.98. The third kappa shape index (κ3) is 5.05. The Bertz CT molecular complexity index is 914. The number of carbonyl (C=O) groups is 1. The highest BCUT2D eigenvalue weighted by atomic mass is 17.2. The molecule has 2 aromatic carbocycles. The van der Waals surface area contributed by atoms with E-state index in [1.165, 1.54) is 13.4 Å². The van der Waals surface area contributed by atoms with E-state index in [1.807, 2.05) is 6.07 Å². The molecular weight excluding hydrogens is 348 g/mol. The third-order valence-corrected chi connectivity index (χ3v) is 3.31. The van der Waals surface area contributed by atoms with Gasteiger partial charge in [-0.3, -0.25) is 4.89 Å². The summed E-state index contributed by atoms with van der Waals surface area (Å²) in [4.78, 5) is 30.3. The maximum atomic E-state index is 12.3. The largest absolute Gasteiger partial charge is 0.503 e. The van der Waals surface area contributed by atoms with Crippen LogP contribution in [0.15, 0.2) is 79.3 Å². The number of methoxy groups -OCH3 is 1. The molecule has 3 aromatic rings. The lowest BCUT2D eigenvalue weighted by molar-refractivity contribution is -0.206. The Hall–Kier alpha value is -3.87. The van der Waals surface area contributed by atoms with E-state index in [2.05, 4.69) is 9.97 Å². The Morgan fingerprint density at radius 3 is 2.41 bits per heavy atom. The fraction of sp³-hybridized carbons (Fsp3) is 0.0500. The zero-order valence-corrected chi connectivity index (χ0v) is 14.4. The van der Waals surface area contributed by atoms with E-state index in [-0.39, 0.29) is 17.3 Å². The van der Waals surface area contributed by atoms with Crippen molar-refractivity contribution in [2.75, 3.05) is 7.11 Å². The molecule has 0 atom stereocenters. The molecule has 0 unspecified atom stereocenters. The number of nitrogens with zero attached hydrogens (tertiary/aromatic N) is 2. The lowest BCUT2D eigenvalue weighted by atomic mass is 10.1. The minimum atomic E-state index is -0.694. The summed E-state index contributed by atoms with van der Waals surface area (Å²) >= 11 is 0. The van der Waals surface area contributed by atoms with Crippen molar-refractivity contribution in [1.29, 1.82) is 0 Å². The van der Waals surface area contributed by atoms with Crippen LogP contribution >= 0.6 is 0 Å². The Labute approximate surface area is 155 Å². The van der Waals surface area contributed by atoms with E-state index in [0.717, 1.165) is 0 Å². The summed E-state index contributed by atoms with van der Waals surface area (Å²) in [7, 11) is 1.45. The van der Waals surface area contributed by atoms with Gasteiger partial charge in [0.2, 0.25) is 0 Å². The van der Waals surface area contributed by atoms with Crippen LogP contribution in [0.2, 0.25) is 0 Å². The van der Waals surface area contributed by atoms with Gasteiger partial charge in [0, 0.05) is 18.5 Å². The highest BCUT2D eigenvalue weighted by Crippen LogP contribution is 2.24. The molecule has 136 valence electrons. The van der Waals surface area contributed by atoms with Crippen molar-refractivity contribution in [3.8, 4) is 17.5 Å². The molecule has 0 N–H and O–H groups in total. The first-order valence-corrected chi connectivity index (χ1v) is 7.98. The van der Waals surface area contributed by atoms with Crippen molar-refractivity contribution in [1.82, 2.24) is 9.97 Å². The van der Waals surface area contributed by atoms with Crippen molar-refractivity contribution < 1.29 is 24.0 Å². The Balaban J connectivity index is 1.66. The monoisotopic (exact) mass is 364 g/mol. The summed E-state index contributed by atoms with van der Waals surface area (Å²) in [5.41, 5.74) is 0.870. The van der Waals surface area contributed by atoms with Gasteiger partial charge >= 0.3 is 12.0 Å². The molecule has 0 spiro atoms. The maximum absolute atomic E-state index is 12.3. The van der Waals surface area contributed by atoms with Gasteiger partial charge in [-0.05, 0) is 23.8 Å². The van der Waals surface area contributed by atoms with Crippen LogP contribution in [0, 0.1) is 0 Å². The van der Waals surface area contributed by atoms with Crippen LogP contribution in [0.5, 0.6) is 17.5 Å². The van der Waals surface area contributed by atoms with Crippen LogP contribution in [0.4, 0.5) is 0 Å². The number of hydrogen-bond acceptors (Lipinski definition) is 7. The van der Waals surface area contributed by atoms with Crippen molar-refractivity contribution in [3.63, 3.8) is 0 Å². The standard InChI is InChI=1S/C20H16N2O5/c1-24-14-18(15-7-3-2-4-8-15)19(23)27-26-17-10-5-9-16(13-17)25-20-21-11-6-12-22-20/h2-14H,1H3. The molecule has 0 amide bonds. The zero-order valence-electron chi connectivity index (χ0n) is 14.4. The van der Waals surface area contributed by atoms with Crippen molar-refractivity contribution in [2.45, 2.75) is 0 Å². The second-order valence-electron chi connectivity index (χ2n) is 5.20. The molecule has 0 aliphatic rings. The van der Waals surface area contributed by atoms with Gasteiger partial charge in [0.05, 0.1) is 13.4 Å². The van der Waals surface area contributed by atoms with Crippen molar-refractivity contribution in [2.24, 2.45) is 0 Å². The van der Waals surface area contributed by atoms with Gasteiger partial charge in [-0.15, -0.1) is 0 Å². The minimum absolute atomic E-state index is 0.195. The molecule has 0 radical (unpaired) electrons. The number of benzene rings is 2. The highest BCUT2D eigenvalue weighted by Gasteiger charge is 2.16. The lowest BCUT2D eigenvalue weighted by Gasteiger charge is -2.09. The molecule has 7 heteroatoms. The Morgan fingerprint density at radius 1 is 0.926 bits per heavy atom. The van der Waals surface area contributed by atoms with E-state index in [0.29, 0.717) is 11.3 Å². The number of ether oxygens (including phenoxy) is 2. The molecule has 7 nitrogen and oxygen atoms in total. The van der Waals surface area contributed by atoms with Crippen molar-refractivity contribution in [3.05, 3.63) is 84.9 Å². The molecule has 0 aliphatic carbocycles. The van der Waals surface area contributed by atoms with E-state index in [1.54, 1.807) is 67.0 Å². The SMILES string of the molecule is COC=C(C(=O)OOc1cccc(Oc2ncccn2)c1)c1ccccc1. The van der Waals surface area contributed by atoms with E-state index >= 15 is 0 Å². The van der Waals surface area contributed by atoms with Crippen LogP contribution in [0.1, 0.15) is 5.56 Å². The molecule has 0 saturated heterocycles. The first-order chi connectivity index (χ1) is 13.3. The summed E-state index contributed by atoms with van der Waals surface area (Å²) in [5.74, 6) is 0.0211. The molecule has 27 heavy (non-hydrogen) atoms. The highest BCUT2D eigenvalue weighted by molar-refractivity contribution is 6.15. The Morgan fingerprint density at radius 2 is 1.67 bits per heavy atom. The van der Waals surface area contributed by atoms with Gasteiger partial charge in [-0.1, -0.05) is 36.4 Å². The quantitative estimate of drug-likeness (QED) is 0.273. The summed E-state index contributed by atoms with van der Waals surface area (Å²) < 4.78 is 10.5. The number of rotatable bonds is 7. The minimum Gasteiger partial charge on any atom is -0.503 e. The van der Waals surface area contributed by atoms with Gasteiger partial charge < -0.3 is 9.47 Å². The molecule has 1 aromatic heterocycles. The van der Waals surface area contributed by atoms with Crippen LogP contribution in [-0.2, 0) is 14.4 Å². The molecule has 0 aliphatic heterocycles. The second-order valence-corrected chi connectivity index (χ2v) is 5.20. The summed E-state index contributed by atoms with van der Waals surface area (Å²) in [6, 6.07) is 17.4. The zero-order chi connectivity index (χ0) is 18.9. The van der Waals surface area contributed by atoms with E-state index < -0.39 is 5.97 Å². The number of hydrogen-bond donors (Lipinski definition) is 0. The van der Waals surface area contributed by atoms with Gasteiger partial charge in [0.1, 0.15) is 11.3 Å². The van der Waals surface area contributed by atoms with Crippen LogP contribution in [-0.4, -0.2) is 23.0 Å². The van der Waals surface area contributed by atoms with Crippen LogP contribution in [0.3, 0.4) is 0 Å². The van der Waals surface area contributed by atoms with Crippen LogP contribution in [0.25, 0.3) is 5.57 Å². The second kappa shape index (κ2) is 9.00. The normalized spacial score (nSPS) is 10.8. The number of aromatic nitrogens is 2. The fourth-order valence-electron chi connectivity index (χ4n) is 2.13. The van der Waals surface area contributed by atoms with Gasteiger partial charge in [-0.25, -0.2) is 19.7 Å². The van der Waals surface area contributed by atoms with Crippen molar-refractivity contribution >= 4 is 11.5 Å². The molecule has 0 saturated carbocycles. The molecule has 1 heterocycles. The molecule has 0 fully saturated rings. The molecule has 0 bridgehead atoms. The first-order valence-electron chi connectivity index (χ1n) is 7.98. The van der Waals surface area contributed by atoms with Gasteiger partial charge in [0.15, 0.2) is 5.75 Å². The first kappa shape index (κ1) is 17.9. The summed E-state index contributed by atoms with van der Waals surface area (Å²) in [6.07, 6.45) is 4.43.